The smallest absolute Gasteiger partial charge is 0.374 e. The number of methoxy groups -OCH3 is 1. The fourth-order valence-electron chi connectivity index (χ4n) is 0.757. The molecular weight excluding hydrogens is 160 g/mol. The second kappa shape index (κ2) is 3.71. The van der Waals surface area contributed by atoms with Crippen molar-refractivity contribution in [1.82, 2.24) is 0 Å². The van der Waals surface area contributed by atoms with Gasteiger partial charge < -0.3 is 9.15 Å². The summed E-state index contributed by atoms with van der Waals surface area (Å²) in [6, 6.07) is 3.28. The highest BCUT2D eigenvalue weighted by atomic mass is 16.5. The van der Waals surface area contributed by atoms with E-state index in [1.54, 1.807) is 12.1 Å². The van der Waals surface area contributed by atoms with Crippen molar-refractivity contribution in [2.45, 2.75) is 6.42 Å². The van der Waals surface area contributed by atoms with Crippen molar-refractivity contribution in [3.05, 3.63) is 24.2 Å². The zero-order valence-corrected chi connectivity index (χ0v) is 6.57. The molecule has 0 radical (unpaired) electrons. The molecule has 0 aliphatic heterocycles. The fourth-order valence-corrected chi connectivity index (χ4v) is 0.757. The van der Waals surface area contributed by atoms with E-state index in [0.717, 1.165) is 0 Å². The molecule has 1 heterocycles. The lowest BCUT2D eigenvalue weighted by Gasteiger charge is -1.94. The lowest BCUT2D eigenvalue weighted by molar-refractivity contribution is -0.151. The molecule has 0 N–H and O–H groups in total. The van der Waals surface area contributed by atoms with Gasteiger partial charge in [0.05, 0.1) is 19.8 Å². The molecule has 0 atom stereocenters. The number of hydrogen-bond acceptors (Lipinski definition) is 4. The molecule has 12 heavy (non-hydrogen) atoms. The van der Waals surface area contributed by atoms with Crippen molar-refractivity contribution in [3.8, 4) is 0 Å². The number of Topliss-reactive ketones (excluding diaryl/α,β-unsaturated/α-hetero) is 1. The van der Waals surface area contributed by atoms with Gasteiger partial charge in [-0.25, -0.2) is 4.79 Å². The molecule has 0 bridgehead atoms. The van der Waals surface area contributed by atoms with Gasteiger partial charge >= 0.3 is 5.97 Å². The molecule has 4 heteroatoms. The lowest BCUT2D eigenvalue weighted by atomic mass is 10.2. The van der Waals surface area contributed by atoms with Gasteiger partial charge in [0, 0.05) is 0 Å². The Bertz CT molecular complexity index is 273. The van der Waals surface area contributed by atoms with Crippen molar-refractivity contribution in [2.24, 2.45) is 0 Å². The number of esters is 1. The van der Waals surface area contributed by atoms with Crippen LogP contribution in [0.3, 0.4) is 0 Å². The lowest BCUT2D eigenvalue weighted by Crippen LogP contribution is -2.17. The Hall–Kier alpha value is -1.58. The molecule has 0 aliphatic rings. The van der Waals surface area contributed by atoms with Crippen LogP contribution in [0.25, 0.3) is 0 Å². The Balaban J connectivity index is 2.53. The highest BCUT2D eigenvalue weighted by Crippen LogP contribution is 2.01. The van der Waals surface area contributed by atoms with E-state index in [0.29, 0.717) is 5.76 Å². The zero-order chi connectivity index (χ0) is 8.97. The molecule has 0 saturated carbocycles. The summed E-state index contributed by atoms with van der Waals surface area (Å²) in [6.45, 7) is 0. The average molecular weight is 168 g/mol. The van der Waals surface area contributed by atoms with Crippen LogP contribution in [-0.2, 0) is 20.7 Å². The van der Waals surface area contributed by atoms with Gasteiger partial charge in [-0.1, -0.05) is 0 Å². The van der Waals surface area contributed by atoms with Gasteiger partial charge in [0.25, 0.3) is 0 Å². The largest absolute Gasteiger partial charge is 0.469 e. The van der Waals surface area contributed by atoms with E-state index in [1.165, 1.54) is 13.4 Å². The summed E-state index contributed by atoms with van der Waals surface area (Å²) >= 11 is 0. The molecule has 1 rings (SSSR count). The third-order valence-electron chi connectivity index (χ3n) is 1.33. The number of rotatable bonds is 3. The van der Waals surface area contributed by atoms with Crippen LogP contribution in [0.15, 0.2) is 22.8 Å². The Morgan fingerprint density at radius 3 is 2.83 bits per heavy atom. The minimum Gasteiger partial charge on any atom is -0.469 e. The minimum atomic E-state index is -0.841. The molecule has 0 amide bonds. The first-order valence-electron chi connectivity index (χ1n) is 3.37. The predicted molar refractivity (Wildman–Crippen MR) is 39.4 cm³/mol. The maximum absolute atomic E-state index is 10.9. The van der Waals surface area contributed by atoms with Gasteiger partial charge in [0.1, 0.15) is 5.76 Å². The maximum Gasteiger partial charge on any atom is 0.374 e. The van der Waals surface area contributed by atoms with Crippen molar-refractivity contribution in [2.75, 3.05) is 7.11 Å². The first kappa shape index (κ1) is 8.52. The van der Waals surface area contributed by atoms with E-state index in [9.17, 15) is 9.59 Å². The maximum atomic E-state index is 10.9. The molecule has 1 aromatic rings. The van der Waals surface area contributed by atoms with Gasteiger partial charge in [0.2, 0.25) is 5.78 Å². The number of carbonyl (C=O) groups is 2. The Labute approximate surface area is 69.1 Å². The number of ketones is 1. The number of carbonyl (C=O) groups excluding carboxylic acids is 2. The van der Waals surface area contributed by atoms with Gasteiger partial charge in [-0.15, -0.1) is 0 Å². The number of furan rings is 1. The Morgan fingerprint density at radius 2 is 2.33 bits per heavy atom. The van der Waals surface area contributed by atoms with E-state index >= 15 is 0 Å². The molecule has 0 fully saturated rings. The summed E-state index contributed by atoms with van der Waals surface area (Å²) in [6.07, 6.45) is 1.40. The van der Waals surface area contributed by atoms with E-state index < -0.39 is 11.8 Å². The number of ether oxygens (including phenoxy) is 1. The second-order valence-electron chi connectivity index (χ2n) is 2.17. The first-order valence-corrected chi connectivity index (χ1v) is 3.37. The molecule has 0 aromatic carbocycles. The van der Waals surface area contributed by atoms with Gasteiger partial charge in [0.15, 0.2) is 0 Å². The van der Waals surface area contributed by atoms with E-state index in [1.807, 2.05) is 0 Å². The summed E-state index contributed by atoms with van der Waals surface area (Å²) in [5.41, 5.74) is 0. The molecule has 0 spiro atoms. The fraction of sp³-hybridized carbons (Fsp3) is 0.250. The van der Waals surface area contributed by atoms with Gasteiger partial charge in [-0.05, 0) is 12.1 Å². The van der Waals surface area contributed by atoms with Crippen LogP contribution < -0.4 is 0 Å². The van der Waals surface area contributed by atoms with Crippen LogP contribution in [0, 0.1) is 0 Å². The average Bonchev–Trinajstić information content (AvgIpc) is 2.55. The minimum absolute atomic E-state index is 0.0420. The monoisotopic (exact) mass is 168 g/mol. The predicted octanol–water partition coefficient (Wildman–Crippen LogP) is 0.564. The standard InChI is InChI=1S/C8H8O4/c1-11-8(10)7(9)5-6-3-2-4-12-6/h2-4H,5H2,1H3. The van der Waals surface area contributed by atoms with Crippen LogP contribution in [0.1, 0.15) is 5.76 Å². The van der Waals surface area contributed by atoms with Crippen LogP contribution in [0.2, 0.25) is 0 Å². The molecule has 4 nitrogen and oxygen atoms in total. The van der Waals surface area contributed by atoms with Gasteiger partial charge in [-0.3, -0.25) is 4.79 Å². The van der Waals surface area contributed by atoms with Gasteiger partial charge in [-0.2, -0.15) is 0 Å². The third-order valence-corrected chi connectivity index (χ3v) is 1.33. The Morgan fingerprint density at radius 1 is 1.58 bits per heavy atom. The molecule has 0 aliphatic carbocycles. The summed E-state index contributed by atoms with van der Waals surface area (Å²) in [7, 11) is 1.17. The van der Waals surface area contributed by atoms with Crippen LogP contribution in [0.5, 0.6) is 0 Å². The van der Waals surface area contributed by atoms with Crippen LogP contribution in [-0.4, -0.2) is 18.9 Å². The molecule has 64 valence electrons. The SMILES string of the molecule is COC(=O)C(=O)Cc1ccco1. The molecule has 0 unspecified atom stereocenters. The normalized spacial score (nSPS) is 9.42. The highest BCUT2D eigenvalue weighted by Gasteiger charge is 2.15. The topological polar surface area (TPSA) is 56.5 Å². The first-order chi connectivity index (χ1) is 5.74. The van der Waals surface area contributed by atoms with Crippen molar-refractivity contribution in [3.63, 3.8) is 0 Å². The van der Waals surface area contributed by atoms with E-state index in [2.05, 4.69) is 4.74 Å². The summed E-state index contributed by atoms with van der Waals surface area (Å²) < 4.78 is 9.10. The van der Waals surface area contributed by atoms with Crippen molar-refractivity contribution < 1.29 is 18.7 Å². The third kappa shape index (κ3) is 1.95. The highest BCUT2D eigenvalue weighted by molar-refractivity contribution is 6.33. The summed E-state index contributed by atoms with van der Waals surface area (Å²) in [5, 5.41) is 0. The van der Waals surface area contributed by atoms with E-state index in [4.69, 9.17) is 4.42 Å². The summed E-state index contributed by atoms with van der Waals surface area (Å²) in [4.78, 5) is 21.5. The molecular formula is C8H8O4. The Kier molecular flexibility index (Phi) is 2.63. The quantitative estimate of drug-likeness (QED) is 0.489. The number of hydrogen-bond donors (Lipinski definition) is 0. The summed E-state index contributed by atoms with van der Waals surface area (Å²) in [5.74, 6) is -0.982. The second-order valence-corrected chi connectivity index (χ2v) is 2.17. The van der Waals surface area contributed by atoms with Crippen LogP contribution >= 0.6 is 0 Å². The van der Waals surface area contributed by atoms with Crippen LogP contribution in [0.4, 0.5) is 0 Å². The molecule has 0 saturated heterocycles. The van der Waals surface area contributed by atoms with Crippen molar-refractivity contribution in [1.29, 1.82) is 0 Å². The van der Waals surface area contributed by atoms with E-state index in [-0.39, 0.29) is 6.42 Å². The van der Waals surface area contributed by atoms with Crippen molar-refractivity contribution >= 4 is 11.8 Å². The molecule has 1 aromatic heterocycles. The zero-order valence-electron chi connectivity index (χ0n) is 6.57.